The normalized spacial score (nSPS) is 10.6. The van der Waals surface area contributed by atoms with Crippen LogP contribution in [-0.2, 0) is 6.54 Å². The molecule has 0 unspecified atom stereocenters. The van der Waals surface area contributed by atoms with Crippen molar-refractivity contribution in [3.8, 4) is 0 Å². The third kappa shape index (κ3) is 2.12. The Balaban J connectivity index is 2.71. The fourth-order valence-electron chi connectivity index (χ4n) is 1.12. The number of carbonyl (C=O) groups excluding carboxylic acids is 1. The molecule has 0 bridgehead atoms. The molecule has 3 nitrogen and oxygen atoms in total. The molecule has 0 aliphatic rings. The van der Waals surface area contributed by atoms with Crippen LogP contribution in [0.3, 0.4) is 0 Å². The first-order valence-corrected chi connectivity index (χ1v) is 4.05. The molecule has 0 fully saturated rings. The Kier molecular flexibility index (Phi) is 2.53. The summed E-state index contributed by atoms with van der Waals surface area (Å²) in [7, 11) is 0. The van der Waals surface area contributed by atoms with Crippen LogP contribution in [0, 0.1) is 5.92 Å². The average molecular weight is 166 g/mol. The largest absolute Gasteiger partial charge is 0.366 e. The van der Waals surface area contributed by atoms with Gasteiger partial charge in [0, 0.05) is 18.9 Å². The number of hydrogen-bond acceptors (Lipinski definition) is 1. The second-order valence-electron chi connectivity index (χ2n) is 3.36. The third-order valence-electron chi connectivity index (χ3n) is 1.61. The van der Waals surface area contributed by atoms with Crippen LogP contribution in [0.25, 0.3) is 0 Å². The fraction of sp³-hybridized carbons (Fsp3) is 0.444. The van der Waals surface area contributed by atoms with Crippen LogP contribution < -0.4 is 5.73 Å². The molecule has 0 aliphatic carbocycles. The lowest BCUT2D eigenvalue weighted by molar-refractivity contribution is 0.1000. The maximum absolute atomic E-state index is 10.7. The van der Waals surface area contributed by atoms with Crippen molar-refractivity contribution in [1.29, 1.82) is 0 Å². The molecule has 12 heavy (non-hydrogen) atoms. The predicted octanol–water partition coefficient (Wildman–Crippen LogP) is 1.24. The molecule has 0 atom stereocenters. The summed E-state index contributed by atoms with van der Waals surface area (Å²) < 4.78 is 1.98. The van der Waals surface area contributed by atoms with Gasteiger partial charge in [-0.05, 0) is 12.0 Å². The number of primary amides is 1. The van der Waals surface area contributed by atoms with E-state index in [1.165, 1.54) is 0 Å². The molecule has 3 heteroatoms. The van der Waals surface area contributed by atoms with Crippen molar-refractivity contribution in [2.24, 2.45) is 11.7 Å². The van der Waals surface area contributed by atoms with Crippen molar-refractivity contribution in [3.63, 3.8) is 0 Å². The Morgan fingerprint density at radius 1 is 1.67 bits per heavy atom. The molecule has 0 saturated carbocycles. The number of nitrogens with two attached hydrogens (primary N) is 1. The highest BCUT2D eigenvalue weighted by Crippen LogP contribution is 2.03. The first kappa shape index (κ1) is 8.84. The maximum atomic E-state index is 10.7. The van der Waals surface area contributed by atoms with E-state index in [1.54, 1.807) is 12.3 Å². The first-order valence-electron chi connectivity index (χ1n) is 4.05. The van der Waals surface area contributed by atoms with E-state index in [-0.39, 0.29) is 5.91 Å². The van der Waals surface area contributed by atoms with Gasteiger partial charge in [0.05, 0.1) is 5.56 Å². The molecular weight excluding hydrogens is 152 g/mol. The van der Waals surface area contributed by atoms with Crippen molar-refractivity contribution in [1.82, 2.24) is 4.57 Å². The van der Waals surface area contributed by atoms with Gasteiger partial charge in [-0.1, -0.05) is 13.8 Å². The highest BCUT2D eigenvalue weighted by atomic mass is 16.1. The van der Waals surface area contributed by atoms with Gasteiger partial charge in [0.15, 0.2) is 0 Å². The molecule has 0 aromatic carbocycles. The number of hydrogen-bond donors (Lipinski definition) is 1. The van der Waals surface area contributed by atoms with Crippen molar-refractivity contribution in [2.75, 3.05) is 0 Å². The van der Waals surface area contributed by atoms with Gasteiger partial charge in [-0.25, -0.2) is 0 Å². The minimum absolute atomic E-state index is 0.363. The van der Waals surface area contributed by atoms with E-state index < -0.39 is 0 Å². The van der Waals surface area contributed by atoms with Crippen LogP contribution in [0.5, 0.6) is 0 Å². The topological polar surface area (TPSA) is 48.0 Å². The summed E-state index contributed by atoms with van der Waals surface area (Å²) in [6.07, 6.45) is 3.66. The van der Waals surface area contributed by atoms with Gasteiger partial charge < -0.3 is 10.3 Å². The lowest BCUT2D eigenvalue weighted by Gasteiger charge is -2.04. The molecule has 2 N–H and O–H groups in total. The van der Waals surface area contributed by atoms with Gasteiger partial charge in [0.25, 0.3) is 0 Å². The van der Waals surface area contributed by atoms with E-state index in [9.17, 15) is 4.79 Å². The van der Waals surface area contributed by atoms with Crippen molar-refractivity contribution >= 4 is 5.91 Å². The zero-order valence-corrected chi connectivity index (χ0v) is 7.45. The van der Waals surface area contributed by atoms with Crippen LogP contribution in [0.4, 0.5) is 0 Å². The predicted molar refractivity (Wildman–Crippen MR) is 47.8 cm³/mol. The SMILES string of the molecule is CC(C)Cn1ccc(C(N)=O)c1. The molecule has 0 aliphatic heterocycles. The second-order valence-corrected chi connectivity index (χ2v) is 3.36. The van der Waals surface area contributed by atoms with Gasteiger partial charge in [-0.15, -0.1) is 0 Å². The first-order chi connectivity index (χ1) is 5.59. The van der Waals surface area contributed by atoms with E-state index in [0.717, 1.165) is 6.54 Å². The number of nitrogens with zero attached hydrogens (tertiary/aromatic N) is 1. The lowest BCUT2D eigenvalue weighted by atomic mass is 10.2. The summed E-state index contributed by atoms with van der Waals surface area (Å²) in [6, 6.07) is 1.74. The highest BCUT2D eigenvalue weighted by Gasteiger charge is 2.02. The smallest absolute Gasteiger partial charge is 0.250 e. The van der Waals surface area contributed by atoms with Gasteiger partial charge in [0.2, 0.25) is 5.91 Å². The average Bonchev–Trinajstić information content (AvgIpc) is 2.34. The van der Waals surface area contributed by atoms with Crippen LogP contribution in [0.2, 0.25) is 0 Å². The molecule has 1 amide bonds. The molecular formula is C9H14N2O. The molecule has 0 radical (unpaired) electrons. The Bertz CT molecular complexity index is 276. The molecule has 1 rings (SSSR count). The number of rotatable bonds is 3. The van der Waals surface area contributed by atoms with Crippen LogP contribution >= 0.6 is 0 Å². The maximum Gasteiger partial charge on any atom is 0.250 e. The van der Waals surface area contributed by atoms with Crippen molar-refractivity contribution in [2.45, 2.75) is 20.4 Å². The minimum Gasteiger partial charge on any atom is -0.366 e. The van der Waals surface area contributed by atoms with Gasteiger partial charge in [0.1, 0.15) is 0 Å². The van der Waals surface area contributed by atoms with Gasteiger partial charge >= 0.3 is 0 Å². The Labute approximate surface area is 72.2 Å². The summed E-state index contributed by atoms with van der Waals surface area (Å²) in [6.45, 7) is 5.18. The van der Waals surface area contributed by atoms with Crippen molar-refractivity contribution in [3.05, 3.63) is 24.0 Å². The highest BCUT2D eigenvalue weighted by molar-refractivity contribution is 5.92. The Morgan fingerprint density at radius 3 is 2.75 bits per heavy atom. The van der Waals surface area contributed by atoms with Gasteiger partial charge in [-0.2, -0.15) is 0 Å². The Hall–Kier alpha value is -1.25. The second kappa shape index (κ2) is 3.43. The number of carbonyl (C=O) groups is 1. The molecule has 0 spiro atoms. The molecule has 1 aromatic rings. The van der Waals surface area contributed by atoms with Crippen LogP contribution in [-0.4, -0.2) is 10.5 Å². The van der Waals surface area contributed by atoms with E-state index in [2.05, 4.69) is 13.8 Å². The summed E-state index contributed by atoms with van der Waals surface area (Å²) in [5.41, 5.74) is 5.68. The zero-order chi connectivity index (χ0) is 9.14. The molecule has 1 aromatic heterocycles. The van der Waals surface area contributed by atoms with Crippen molar-refractivity contribution < 1.29 is 4.79 Å². The quantitative estimate of drug-likeness (QED) is 0.721. The summed E-state index contributed by atoms with van der Waals surface area (Å²) in [5, 5.41) is 0. The molecule has 66 valence electrons. The van der Waals surface area contributed by atoms with E-state index in [4.69, 9.17) is 5.73 Å². The van der Waals surface area contributed by atoms with E-state index in [0.29, 0.717) is 11.5 Å². The third-order valence-corrected chi connectivity index (χ3v) is 1.61. The monoisotopic (exact) mass is 166 g/mol. The van der Waals surface area contributed by atoms with Gasteiger partial charge in [-0.3, -0.25) is 4.79 Å². The fourth-order valence-corrected chi connectivity index (χ4v) is 1.12. The summed E-state index contributed by atoms with van der Waals surface area (Å²) in [4.78, 5) is 10.7. The molecule has 1 heterocycles. The Morgan fingerprint density at radius 2 is 2.33 bits per heavy atom. The standard InChI is InChI=1S/C9H14N2O/c1-7(2)5-11-4-3-8(6-11)9(10)12/h3-4,6-7H,5H2,1-2H3,(H2,10,12). The number of amides is 1. The minimum atomic E-state index is -0.363. The number of aromatic nitrogens is 1. The van der Waals surface area contributed by atoms with Crippen LogP contribution in [0.1, 0.15) is 24.2 Å². The van der Waals surface area contributed by atoms with E-state index in [1.807, 2.05) is 10.8 Å². The molecule has 0 saturated heterocycles. The summed E-state index contributed by atoms with van der Waals surface area (Å²) >= 11 is 0. The zero-order valence-electron chi connectivity index (χ0n) is 7.45. The lowest BCUT2D eigenvalue weighted by Crippen LogP contribution is -2.10. The van der Waals surface area contributed by atoms with E-state index >= 15 is 0 Å². The van der Waals surface area contributed by atoms with Crippen LogP contribution in [0.15, 0.2) is 18.5 Å². The summed E-state index contributed by atoms with van der Waals surface area (Å²) in [5.74, 6) is 0.218.